The van der Waals surface area contributed by atoms with Gasteiger partial charge in [0.05, 0.1) is 17.6 Å². The first kappa shape index (κ1) is 91.2. The summed E-state index contributed by atoms with van der Waals surface area (Å²) in [7, 11) is 0. The summed E-state index contributed by atoms with van der Waals surface area (Å²) in [5.74, 6) is 8.76. The predicted molar refractivity (Wildman–Crippen MR) is 529 cm³/mol. The van der Waals surface area contributed by atoms with Gasteiger partial charge in [-0.25, -0.2) is 0 Å². The fraction of sp³-hybridized carbons (Fsp3) is 0.143. The zero-order valence-electron chi connectivity index (χ0n) is 75.9. The Bertz CT molecular complexity index is 5780. The molecule has 0 spiro atoms. The van der Waals surface area contributed by atoms with E-state index in [9.17, 15) is 0 Å². The first-order valence-corrected chi connectivity index (χ1v) is 45.3. The van der Waals surface area contributed by atoms with Gasteiger partial charge in [-0.2, -0.15) is 0 Å². The van der Waals surface area contributed by atoms with Crippen LogP contribution in [0, 0.1) is 13.8 Å². The smallest absolute Gasteiger partial charge is 0.123 e. The Morgan fingerprint density at radius 2 is 0.353 bits per heavy atom. The summed E-state index contributed by atoms with van der Waals surface area (Å²) in [6, 6.07) is 131. The van der Waals surface area contributed by atoms with Crippen LogP contribution in [0.4, 0.5) is 5.69 Å². The molecular formula is C119H104N2O15. The molecule has 0 aliphatic carbocycles. The van der Waals surface area contributed by atoms with Gasteiger partial charge in [0.15, 0.2) is 0 Å². The summed E-state index contributed by atoms with van der Waals surface area (Å²) < 4.78 is 100. The number of pyridine rings is 1. The average molecular weight is 1800 g/mol. The molecule has 680 valence electrons. The van der Waals surface area contributed by atoms with Crippen molar-refractivity contribution >= 4 is 11.9 Å². The van der Waals surface area contributed by atoms with E-state index in [1.54, 1.807) is 12.4 Å². The molecule has 17 rings (SSSR count). The maximum Gasteiger partial charge on any atom is 0.123 e. The summed E-state index contributed by atoms with van der Waals surface area (Å²) in [5.41, 5.74) is 17.1. The molecule has 0 aliphatic rings. The van der Waals surface area contributed by atoms with Crippen molar-refractivity contribution in [2.75, 3.05) is 0 Å². The highest BCUT2D eigenvalue weighted by atomic mass is 16.5. The second kappa shape index (κ2) is 47.4. The molecule has 0 saturated heterocycles. The number of ether oxygens (including phenoxy) is 15. The van der Waals surface area contributed by atoms with E-state index in [4.69, 9.17) is 76.0 Å². The van der Waals surface area contributed by atoms with Crippen molar-refractivity contribution in [2.24, 2.45) is 4.99 Å². The van der Waals surface area contributed by atoms with Crippen LogP contribution in [-0.2, 0) is 99.1 Å². The molecule has 0 amide bonds. The van der Waals surface area contributed by atoms with Crippen molar-refractivity contribution in [3.63, 3.8) is 0 Å². The molecule has 0 radical (unpaired) electrons. The molecule has 17 nitrogen and oxygen atoms in total. The van der Waals surface area contributed by atoms with Crippen molar-refractivity contribution in [3.8, 4) is 86.2 Å². The monoisotopic (exact) mass is 1800 g/mol. The van der Waals surface area contributed by atoms with Crippen molar-refractivity contribution in [1.29, 1.82) is 0 Å². The molecule has 0 atom stereocenters. The number of nitrogens with zero attached hydrogens (tertiary/aromatic N) is 2. The third kappa shape index (κ3) is 28.7. The van der Waals surface area contributed by atoms with E-state index in [0.717, 1.165) is 106 Å². The van der Waals surface area contributed by atoms with Crippen molar-refractivity contribution in [1.82, 2.24) is 4.98 Å². The van der Waals surface area contributed by atoms with Gasteiger partial charge in [0.1, 0.15) is 185 Å². The molecule has 1 heterocycles. The van der Waals surface area contributed by atoms with Gasteiger partial charge in [-0.3, -0.25) is 9.98 Å². The minimum Gasteiger partial charge on any atom is -0.489 e. The molecule has 0 aliphatic heterocycles. The Hall–Kier alpha value is -16.7. The average Bonchev–Trinajstić information content (AvgIpc) is 0.837. The Morgan fingerprint density at radius 3 is 0.537 bits per heavy atom. The minimum atomic E-state index is 0.0577. The van der Waals surface area contributed by atoms with Gasteiger partial charge in [0.25, 0.3) is 0 Å². The van der Waals surface area contributed by atoms with Crippen LogP contribution in [0.3, 0.4) is 0 Å². The molecule has 1 aromatic heterocycles. The maximum absolute atomic E-state index is 7.01. The van der Waals surface area contributed by atoms with Crippen LogP contribution in [0.1, 0.15) is 100 Å². The van der Waals surface area contributed by atoms with Crippen LogP contribution in [-0.4, -0.2) is 11.2 Å². The molecule has 17 aromatic rings. The van der Waals surface area contributed by atoms with Gasteiger partial charge in [0.2, 0.25) is 0 Å². The Morgan fingerprint density at radius 1 is 0.176 bits per heavy atom. The van der Waals surface area contributed by atoms with Gasteiger partial charge in [-0.05, 0) is 218 Å². The van der Waals surface area contributed by atoms with Gasteiger partial charge < -0.3 is 71.1 Å². The van der Waals surface area contributed by atoms with E-state index in [2.05, 4.69) is 4.98 Å². The van der Waals surface area contributed by atoms with E-state index in [1.807, 2.05) is 414 Å². The van der Waals surface area contributed by atoms with Crippen LogP contribution >= 0.6 is 0 Å². The van der Waals surface area contributed by atoms with E-state index >= 15 is 0 Å². The highest BCUT2D eigenvalue weighted by Gasteiger charge is 2.18. The van der Waals surface area contributed by atoms with E-state index in [-0.39, 0.29) is 46.2 Å². The second-order valence-corrected chi connectivity index (χ2v) is 32.8. The number of aryl methyl sites for hydroxylation is 2. The van der Waals surface area contributed by atoms with Gasteiger partial charge in [-0.1, -0.05) is 249 Å². The third-order valence-electron chi connectivity index (χ3n) is 21.9. The summed E-state index contributed by atoms with van der Waals surface area (Å²) in [4.78, 5) is 9.28. The maximum atomic E-state index is 7.01. The summed E-state index contributed by atoms with van der Waals surface area (Å²) in [6.45, 7) is 7.66. The molecule has 0 unspecified atom stereocenters. The zero-order valence-corrected chi connectivity index (χ0v) is 75.9. The largest absolute Gasteiger partial charge is 0.489 e. The first-order chi connectivity index (χ1) is 67.0. The summed E-state index contributed by atoms with van der Waals surface area (Å²) in [6.07, 6.45) is 3.52. The topological polar surface area (TPSA) is 164 Å². The quantitative estimate of drug-likeness (QED) is 0.0331. The van der Waals surface area contributed by atoms with Crippen LogP contribution in [0.15, 0.2) is 412 Å². The van der Waals surface area contributed by atoms with Crippen LogP contribution < -0.4 is 71.1 Å². The molecule has 0 bridgehead atoms. The van der Waals surface area contributed by atoms with Crippen LogP contribution in [0.5, 0.6) is 86.2 Å². The molecular weight excluding hydrogens is 1700 g/mol. The van der Waals surface area contributed by atoms with E-state index in [0.29, 0.717) is 139 Å². The Balaban J connectivity index is 0.690. The summed E-state index contributed by atoms with van der Waals surface area (Å²) in [5, 5.41) is 0. The van der Waals surface area contributed by atoms with Gasteiger partial charge >= 0.3 is 0 Å². The highest BCUT2D eigenvalue weighted by molar-refractivity contribution is 5.80. The molecule has 0 N–H and O–H groups in total. The Kier molecular flexibility index (Phi) is 31.8. The highest BCUT2D eigenvalue weighted by Crippen LogP contribution is 2.37. The lowest BCUT2D eigenvalue weighted by molar-refractivity contribution is 0.269. The number of benzene rings is 16. The van der Waals surface area contributed by atoms with Gasteiger partial charge in [0, 0.05) is 48.7 Å². The second-order valence-electron chi connectivity index (χ2n) is 32.8. The standard InChI is InChI=1S/C119H104N2O15/c1-86-48-119(87(2)47-118(86)121-70-103-45-27-28-46-120-103)136-85-102-61-116(134-83-100-57-112(130-79-96-49-104(122-71-88-29-11-3-12-30-88)63-105(50-96)123-72-89-31-13-4-14-32-89)67-113(58-100)131-80-97-51-106(124-73-90-33-15-5-16-34-90)64-107(52-97)125-74-91-35-17-6-18-36-91)69-117(62-102)135-84-101-59-114(132-81-98-53-108(126-75-92-37-19-7-20-38-92)65-109(54-98)127-76-93-39-21-8-22-40-93)68-115(60-101)133-82-99-55-110(128-77-94-41-23-9-24-42-94)66-111(56-99)129-78-95-43-25-10-26-44-95/h3-70H,71-85H2,1-2H3. The number of hydrogen-bond donors (Lipinski definition) is 0. The SMILES string of the molecule is Cc1cc(OCc2cc(OCc3cc(OCc4cc(OCc5ccccc5)cc(OCc5ccccc5)c4)cc(OCc4cc(OCc5ccccc5)cc(OCc5ccccc5)c4)c3)cc(OCc3cc(OCc4cc(OCc5ccccc5)cc(OCc5ccccc5)c4)cc(OCc4cc(OCc5ccccc5)cc(OCc5ccccc5)c4)c3)c2)c(C)cc1N=Cc1ccccn1. The summed E-state index contributed by atoms with van der Waals surface area (Å²) >= 11 is 0. The fourth-order valence-corrected chi connectivity index (χ4v) is 14.9. The molecule has 0 saturated carbocycles. The lowest BCUT2D eigenvalue weighted by Gasteiger charge is -2.17. The predicted octanol–water partition coefficient (Wildman–Crippen LogP) is 27.1. The molecule has 136 heavy (non-hydrogen) atoms. The third-order valence-corrected chi connectivity index (χ3v) is 21.9. The lowest BCUT2D eigenvalue weighted by Crippen LogP contribution is -2.05. The minimum absolute atomic E-state index is 0.0577. The van der Waals surface area contributed by atoms with Crippen molar-refractivity contribution < 1.29 is 71.1 Å². The zero-order chi connectivity index (χ0) is 92.3. The molecule has 17 heteroatoms. The van der Waals surface area contributed by atoms with Crippen LogP contribution in [0.25, 0.3) is 0 Å². The van der Waals surface area contributed by atoms with Crippen molar-refractivity contribution in [2.45, 2.75) is 113 Å². The molecule has 16 aromatic carbocycles. The van der Waals surface area contributed by atoms with E-state index < -0.39 is 0 Å². The Labute approximate surface area is 794 Å². The number of aliphatic imine (C=N–C) groups is 1. The first-order valence-electron chi connectivity index (χ1n) is 45.3. The van der Waals surface area contributed by atoms with Gasteiger partial charge in [-0.15, -0.1) is 0 Å². The number of hydrogen-bond acceptors (Lipinski definition) is 17. The fourth-order valence-electron chi connectivity index (χ4n) is 14.9. The number of aromatic nitrogens is 1. The number of rotatable bonds is 47. The van der Waals surface area contributed by atoms with Crippen molar-refractivity contribution in [3.05, 3.63) is 507 Å². The van der Waals surface area contributed by atoms with Crippen LogP contribution in [0.2, 0.25) is 0 Å². The normalized spacial score (nSPS) is 11.0. The van der Waals surface area contributed by atoms with E-state index in [1.165, 1.54) is 0 Å². The lowest BCUT2D eigenvalue weighted by atomic mass is 10.1. The molecule has 0 fully saturated rings.